The highest BCUT2D eigenvalue weighted by atomic mass is 16.4. The van der Waals surface area contributed by atoms with Crippen molar-refractivity contribution in [2.75, 3.05) is 23.8 Å². The highest BCUT2D eigenvalue weighted by Crippen LogP contribution is 2.41. The van der Waals surface area contributed by atoms with Crippen molar-refractivity contribution in [1.29, 1.82) is 0 Å². The first-order valence-corrected chi connectivity index (χ1v) is 7.77. The Hall–Kier alpha value is -1.38. The normalized spacial score (nSPS) is 25.8. The van der Waals surface area contributed by atoms with Crippen molar-refractivity contribution in [2.45, 2.75) is 50.2 Å². The predicted octanol–water partition coefficient (Wildman–Crippen LogP) is -0.983. The molecule has 7 heteroatoms. The molecule has 2 rings (SSSR count). The molecule has 7 nitrogen and oxygen atoms in total. The molecule has 130 valence electrons. The maximum atomic E-state index is 10.2. The van der Waals surface area contributed by atoms with E-state index < -0.39 is 31.0 Å². The molecule has 0 fully saturated rings. The van der Waals surface area contributed by atoms with Crippen molar-refractivity contribution in [3.8, 4) is 0 Å². The van der Waals surface area contributed by atoms with Gasteiger partial charge in [0.2, 0.25) is 0 Å². The van der Waals surface area contributed by atoms with Gasteiger partial charge in [0.15, 0.2) is 0 Å². The van der Waals surface area contributed by atoms with Crippen molar-refractivity contribution >= 4 is 11.4 Å². The van der Waals surface area contributed by atoms with Crippen LogP contribution in [0.2, 0.25) is 0 Å². The summed E-state index contributed by atoms with van der Waals surface area (Å²) in [4.78, 5) is 1.95. The second-order valence-corrected chi connectivity index (χ2v) is 6.30. The maximum absolute atomic E-state index is 10.2. The summed E-state index contributed by atoms with van der Waals surface area (Å²) in [5.74, 6) is 0.214. The summed E-state index contributed by atoms with van der Waals surface area (Å²) in [6, 6.07) is 5.66. The zero-order valence-corrected chi connectivity index (χ0v) is 13.4. The molecule has 0 amide bonds. The summed E-state index contributed by atoms with van der Waals surface area (Å²) >= 11 is 0. The van der Waals surface area contributed by atoms with Crippen LogP contribution in [-0.4, -0.2) is 69.1 Å². The van der Waals surface area contributed by atoms with Crippen LogP contribution in [0.15, 0.2) is 18.2 Å². The number of fused-ring (bicyclic) bond motifs is 1. The van der Waals surface area contributed by atoms with E-state index in [1.165, 1.54) is 0 Å². The van der Waals surface area contributed by atoms with Crippen LogP contribution in [0.1, 0.15) is 25.3 Å². The first-order chi connectivity index (χ1) is 10.8. The molecule has 0 aromatic heterocycles. The van der Waals surface area contributed by atoms with Gasteiger partial charge in [-0.25, -0.2) is 0 Å². The SMILES string of the molecule is CC1c2cc(N)ccc2N(CC(O)C(O)C(O)C(O)CO)C1C. The smallest absolute Gasteiger partial charge is 0.111 e. The van der Waals surface area contributed by atoms with Gasteiger partial charge in [0, 0.05) is 29.9 Å². The number of anilines is 2. The highest BCUT2D eigenvalue weighted by molar-refractivity contribution is 5.65. The molecular weight excluding hydrogens is 300 g/mol. The fourth-order valence-corrected chi connectivity index (χ4v) is 3.09. The molecule has 1 aliphatic heterocycles. The third-order valence-electron chi connectivity index (χ3n) is 4.78. The third-order valence-corrected chi connectivity index (χ3v) is 4.78. The van der Waals surface area contributed by atoms with Gasteiger partial charge in [-0.2, -0.15) is 0 Å². The van der Waals surface area contributed by atoms with Gasteiger partial charge in [-0.05, 0) is 30.7 Å². The first kappa shape index (κ1) is 18.0. The van der Waals surface area contributed by atoms with Gasteiger partial charge < -0.3 is 36.2 Å². The predicted molar refractivity (Wildman–Crippen MR) is 87.2 cm³/mol. The van der Waals surface area contributed by atoms with Crippen LogP contribution in [-0.2, 0) is 0 Å². The van der Waals surface area contributed by atoms with Gasteiger partial charge in [-0.15, -0.1) is 0 Å². The Kier molecular flexibility index (Phi) is 5.49. The monoisotopic (exact) mass is 326 g/mol. The van der Waals surface area contributed by atoms with Crippen LogP contribution in [0.5, 0.6) is 0 Å². The Morgan fingerprint density at radius 3 is 2.30 bits per heavy atom. The lowest BCUT2D eigenvalue weighted by Crippen LogP contribution is -2.50. The van der Waals surface area contributed by atoms with Crippen molar-refractivity contribution in [1.82, 2.24) is 0 Å². The number of nitrogen functional groups attached to an aromatic ring is 1. The molecule has 7 N–H and O–H groups in total. The van der Waals surface area contributed by atoms with E-state index in [9.17, 15) is 20.4 Å². The summed E-state index contributed by atoms with van der Waals surface area (Å²) in [6.07, 6.45) is -5.94. The van der Waals surface area contributed by atoms with Crippen molar-refractivity contribution in [2.24, 2.45) is 0 Å². The number of β-amino-alcohol motifs (C(OH)–C–C–N with tert-alkyl or cyclic N) is 1. The molecule has 0 bridgehead atoms. The lowest BCUT2D eigenvalue weighted by molar-refractivity contribution is -0.112. The van der Waals surface area contributed by atoms with E-state index in [2.05, 4.69) is 6.92 Å². The second-order valence-electron chi connectivity index (χ2n) is 6.30. The van der Waals surface area contributed by atoms with E-state index in [-0.39, 0.29) is 18.5 Å². The Bertz CT molecular complexity index is 541. The van der Waals surface area contributed by atoms with Gasteiger partial charge in [0.1, 0.15) is 18.3 Å². The standard InChI is InChI=1S/C16H26N2O5/c1-8-9(2)18(12-4-3-10(17)5-11(8)12)6-13(20)15(22)16(23)14(21)7-19/h3-5,8-9,13-16,19-23H,6-7,17H2,1-2H3. The summed E-state index contributed by atoms with van der Waals surface area (Å²) < 4.78 is 0. The van der Waals surface area contributed by atoms with Gasteiger partial charge in [-0.3, -0.25) is 0 Å². The zero-order valence-electron chi connectivity index (χ0n) is 13.4. The fraction of sp³-hybridized carbons (Fsp3) is 0.625. The Labute approximate surface area is 135 Å². The maximum Gasteiger partial charge on any atom is 0.111 e. The summed E-state index contributed by atoms with van der Waals surface area (Å²) in [5.41, 5.74) is 8.51. The number of aliphatic hydroxyl groups excluding tert-OH is 5. The molecule has 6 atom stereocenters. The van der Waals surface area contributed by atoms with E-state index >= 15 is 0 Å². The summed E-state index contributed by atoms with van der Waals surface area (Å²) in [5, 5.41) is 48.1. The minimum absolute atomic E-state index is 0.0913. The van der Waals surface area contributed by atoms with E-state index in [0.29, 0.717) is 5.69 Å². The topological polar surface area (TPSA) is 130 Å². The Morgan fingerprint density at radius 1 is 1.09 bits per heavy atom. The lowest BCUT2D eigenvalue weighted by atomic mass is 9.98. The number of nitrogens with zero attached hydrogens (tertiary/aromatic N) is 1. The number of benzene rings is 1. The van der Waals surface area contributed by atoms with Crippen LogP contribution < -0.4 is 10.6 Å². The van der Waals surface area contributed by atoms with Crippen molar-refractivity contribution < 1.29 is 25.5 Å². The third kappa shape index (κ3) is 3.44. The molecule has 1 aromatic rings. The van der Waals surface area contributed by atoms with Crippen LogP contribution >= 0.6 is 0 Å². The Morgan fingerprint density at radius 2 is 1.70 bits per heavy atom. The number of hydrogen-bond acceptors (Lipinski definition) is 7. The average Bonchev–Trinajstić information content (AvgIpc) is 2.77. The summed E-state index contributed by atoms with van der Waals surface area (Å²) in [7, 11) is 0. The molecule has 0 saturated heterocycles. The molecule has 0 radical (unpaired) electrons. The van der Waals surface area contributed by atoms with Crippen LogP contribution in [0.25, 0.3) is 0 Å². The molecule has 1 heterocycles. The van der Waals surface area contributed by atoms with Crippen LogP contribution in [0.4, 0.5) is 11.4 Å². The number of rotatable bonds is 6. The minimum atomic E-state index is -1.61. The van der Waals surface area contributed by atoms with E-state index in [1.807, 2.05) is 24.0 Å². The molecule has 23 heavy (non-hydrogen) atoms. The van der Waals surface area contributed by atoms with E-state index in [4.69, 9.17) is 10.8 Å². The fourth-order valence-electron chi connectivity index (χ4n) is 3.09. The van der Waals surface area contributed by atoms with E-state index in [0.717, 1.165) is 11.3 Å². The summed E-state index contributed by atoms with van der Waals surface area (Å²) in [6.45, 7) is 3.48. The van der Waals surface area contributed by atoms with Crippen LogP contribution in [0.3, 0.4) is 0 Å². The van der Waals surface area contributed by atoms with Gasteiger partial charge in [-0.1, -0.05) is 6.92 Å². The molecule has 1 aromatic carbocycles. The molecular formula is C16H26N2O5. The Balaban J connectivity index is 2.14. The zero-order chi connectivity index (χ0) is 17.3. The van der Waals surface area contributed by atoms with Gasteiger partial charge >= 0.3 is 0 Å². The highest BCUT2D eigenvalue weighted by Gasteiger charge is 2.37. The molecule has 0 spiro atoms. The average molecular weight is 326 g/mol. The number of hydrogen-bond donors (Lipinski definition) is 6. The molecule has 0 aliphatic carbocycles. The number of nitrogens with two attached hydrogens (primary N) is 1. The van der Waals surface area contributed by atoms with Crippen molar-refractivity contribution in [3.05, 3.63) is 23.8 Å². The second kappa shape index (κ2) is 7.02. The molecule has 1 aliphatic rings. The van der Waals surface area contributed by atoms with Gasteiger partial charge in [0.25, 0.3) is 0 Å². The van der Waals surface area contributed by atoms with Gasteiger partial charge in [0.05, 0.1) is 12.7 Å². The first-order valence-electron chi connectivity index (χ1n) is 7.77. The lowest BCUT2D eigenvalue weighted by Gasteiger charge is -2.32. The molecule has 6 unspecified atom stereocenters. The minimum Gasteiger partial charge on any atom is -0.399 e. The van der Waals surface area contributed by atoms with Crippen LogP contribution in [0, 0.1) is 0 Å². The quantitative estimate of drug-likeness (QED) is 0.370. The largest absolute Gasteiger partial charge is 0.399 e. The molecule has 0 saturated carbocycles. The van der Waals surface area contributed by atoms with E-state index in [1.54, 1.807) is 6.07 Å². The number of aliphatic hydroxyl groups is 5. The van der Waals surface area contributed by atoms with Crippen molar-refractivity contribution in [3.63, 3.8) is 0 Å².